The third kappa shape index (κ3) is 4.33. The van der Waals surface area contributed by atoms with E-state index in [9.17, 15) is 0 Å². The topological polar surface area (TPSA) is 15.3 Å². The quantitative estimate of drug-likeness (QED) is 0.802. The van der Waals surface area contributed by atoms with Crippen molar-refractivity contribution in [3.63, 3.8) is 0 Å². The molecule has 1 aromatic heterocycles. The van der Waals surface area contributed by atoms with Gasteiger partial charge in [0.05, 0.1) is 0 Å². The molecule has 0 saturated heterocycles. The van der Waals surface area contributed by atoms with Crippen molar-refractivity contribution in [1.29, 1.82) is 0 Å². The van der Waals surface area contributed by atoms with Gasteiger partial charge in [0.1, 0.15) is 0 Å². The van der Waals surface area contributed by atoms with Crippen LogP contribution in [0.5, 0.6) is 0 Å². The Bertz CT molecular complexity index is 283. The number of thiophene rings is 1. The van der Waals surface area contributed by atoms with E-state index < -0.39 is 0 Å². The van der Waals surface area contributed by atoms with Gasteiger partial charge in [-0.3, -0.25) is 0 Å². The van der Waals surface area contributed by atoms with E-state index in [1.54, 1.807) is 0 Å². The van der Waals surface area contributed by atoms with Gasteiger partial charge in [0, 0.05) is 24.0 Å². The van der Waals surface area contributed by atoms with Gasteiger partial charge < -0.3 is 10.2 Å². The summed E-state index contributed by atoms with van der Waals surface area (Å²) in [7, 11) is 2.16. The lowest BCUT2D eigenvalue weighted by Gasteiger charge is -2.20. The van der Waals surface area contributed by atoms with Crippen LogP contribution in [0.1, 0.15) is 24.3 Å². The number of rotatable bonds is 6. The van der Waals surface area contributed by atoms with Gasteiger partial charge in [0.25, 0.3) is 0 Å². The summed E-state index contributed by atoms with van der Waals surface area (Å²) < 4.78 is 0. The summed E-state index contributed by atoms with van der Waals surface area (Å²) in [6.07, 6.45) is 0. The first-order chi connectivity index (χ1) is 7.13. The van der Waals surface area contributed by atoms with Crippen LogP contribution in [-0.2, 0) is 6.54 Å². The summed E-state index contributed by atoms with van der Waals surface area (Å²) in [5, 5.41) is 5.72. The highest BCUT2D eigenvalue weighted by Crippen LogP contribution is 2.14. The number of hydrogen-bond acceptors (Lipinski definition) is 3. The van der Waals surface area contributed by atoms with Crippen LogP contribution in [0.25, 0.3) is 0 Å². The second kappa shape index (κ2) is 6.26. The molecule has 86 valence electrons. The first-order valence-corrected chi connectivity index (χ1v) is 6.46. The molecule has 3 heteroatoms. The van der Waals surface area contributed by atoms with Gasteiger partial charge in [-0.1, -0.05) is 6.92 Å². The number of likely N-dealkylation sites (N-methyl/N-ethyl adjacent to an activating group) is 1. The summed E-state index contributed by atoms with van der Waals surface area (Å²) >= 11 is 1.84. The van der Waals surface area contributed by atoms with Gasteiger partial charge in [-0.2, -0.15) is 0 Å². The molecular formula is C12H22N2S. The van der Waals surface area contributed by atoms with Crippen molar-refractivity contribution in [3.05, 3.63) is 21.9 Å². The van der Waals surface area contributed by atoms with Crippen molar-refractivity contribution < 1.29 is 0 Å². The van der Waals surface area contributed by atoms with Gasteiger partial charge in [-0.15, -0.1) is 11.3 Å². The molecule has 1 rings (SSSR count). The molecular weight excluding hydrogens is 204 g/mol. The van der Waals surface area contributed by atoms with Crippen LogP contribution >= 0.6 is 11.3 Å². The monoisotopic (exact) mass is 226 g/mol. The first-order valence-electron chi connectivity index (χ1n) is 5.58. The minimum absolute atomic E-state index is 0.552. The van der Waals surface area contributed by atoms with Crippen molar-refractivity contribution >= 4 is 11.3 Å². The fourth-order valence-corrected chi connectivity index (χ4v) is 2.37. The zero-order chi connectivity index (χ0) is 11.3. The van der Waals surface area contributed by atoms with E-state index in [4.69, 9.17) is 0 Å². The fraction of sp³-hybridized carbons (Fsp3) is 0.667. The van der Waals surface area contributed by atoms with E-state index in [0.29, 0.717) is 6.04 Å². The van der Waals surface area contributed by atoms with Gasteiger partial charge >= 0.3 is 0 Å². The Hall–Kier alpha value is -0.380. The van der Waals surface area contributed by atoms with Crippen LogP contribution in [-0.4, -0.2) is 31.1 Å². The maximum atomic E-state index is 3.56. The van der Waals surface area contributed by atoms with Crippen molar-refractivity contribution in [2.75, 3.05) is 20.1 Å². The molecule has 0 fully saturated rings. The Kier molecular flexibility index (Phi) is 5.29. The lowest BCUT2D eigenvalue weighted by molar-refractivity contribution is 0.310. The molecule has 0 saturated carbocycles. The lowest BCUT2D eigenvalue weighted by atomic mass is 10.2. The van der Waals surface area contributed by atoms with Crippen LogP contribution in [0.15, 0.2) is 11.4 Å². The largest absolute Gasteiger partial charge is 0.308 e. The average molecular weight is 226 g/mol. The first kappa shape index (κ1) is 12.7. The predicted octanol–water partition coefficient (Wildman–Crippen LogP) is 2.49. The van der Waals surface area contributed by atoms with Gasteiger partial charge in [-0.05, 0) is 44.4 Å². The smallest absolute Gasteiger partial charge is 0.0305 e. The molecule has 0 bridgehead atoms. The average Bonchev–Trinajstić information content (AvgIpc) is 2.61. The number of nitrogens with zero attached hydrogens (tertiary/aromatic N) is 1. The molecule has 0 aliphatic rings. The molecule has 0 aliphatic heterocycles. The summed E-state index contributed by atoms with van der Waals surface area (Å²) in [6.45, 7) is 9.84. The minimum Gasteiger partial charge on any atom is -0.308 e. The maximum Gasteiger partial charge on any atom is 0.0305 e. The Balaban J connectivity index is 2.28. The molecule has 0 spiro atoms. The highest BCUT2D eigenvalue weighted by atomic mass is 32.1. The Morgan fingerprint density at radius 2 is 2.27 bits per heavy atom. The summed E-state index contributed by atoms with van der Waals surface area (Å²) in [4.78, 5) is 3.79. The Labute approximate surface area is 97.3 Å². The molecule has 0 radical (unpaired) electrons. The van der Waals surface area contributed by atoms with E-state index >= 15 is 0 Å². The number of hydrogen-bond donors (Lipinski definition) is 1. The third-order valence-corrected chi connectivity index (χ3v) is 3.73. The zero-order valence-electron chi connectivity index (χ0n) is 10.2. The van der Waals surface area contributed by atoms with Crippen LogP contribution in [0.2, 0.25) is 0 Å². The van der Waals surface area contributed by atoms with E-state index in [1.165, 1.54) is 10.4 Å². The van der Waals surface area contributed by atoms with Crippen molar-refractivity contribution in [2.24, 2.45) is 0 Å². The Morgan fingerprint density at radius 3 is 2.80 bits per heavy atom. The molecule has 1 heterocycles. The summed E-state index contributed by atoms with van der Waals surface area (Å²) in [5.74, 6) is 0. The molecule has 0 aliphatic carbocycles. The zero-order valence-corrected chi connectivity index (χ0v) is 11.0. The van der Waals surface area contributed by atoms with Gasteiger partial charge in [-0.25, -0.2) is 0 Å². The summed E-state index contributed by atoms with van der Waals surface area (Å²) in [5.41, 5.74) is 1.41. The van der Waals surface area contributed by atoms with Gasteiger partial charge in [0.15, 0.2) is 0 Å². The maximum absolute atomic E-state index is 3.56. The second-order valence-electron chi connectivity index (χ2n) is 4.16. The normalized spacial score (nSPS) is 13.4. The highest BCUT2D eigenvalue weighted by molar-refractivity contribution is 7.10. The van der Waals surface area contributed by atoms with E-state index in [-0.39, 0.29) is 0 Å². The van der Waals surface area contributed by atoms with Crippen LogP contribution < -0.4 is 5.32 Å². The third-order valence-electron chi connectivity index (χ3n) is 2.70. The van der Waals surface area contributed by atoms with E-state index in [1.807, 2.05) is 11.3 Å². The van der Waals surface area contributed by atoms with Crippen molar-refractivity contribution in [3.8, 4) is 0 Å². The second-order valence-corrected chi connectivity index (χ2v) is 5.16. The predicted molar refractivity (Wildman–Crippen MR) is 68.5 cm³/mol. The molecule has 0 aromatic carbocycles. The molecule has 0 amide bonds. The molecule has 1 atom stereocenters. The van der Waals surface area contributed by atoms with Crippen LogP contribution in [0.4, 0.5) is 0 Å². The van der Waals surface area contributed by atoms with E-state index in [0.717, 1.165) is 19.6 Å². The SMILES string of the molecule is CCN(C)CC(C)NCc1sccc1C. The van der Waals surface area contributed by atoms with Gasteiger partial charge in [0.2, 0.25) is 0 Å². The van der Waals surface area contributed by atoms with E-state index in [2.05, 4.69) is 49.5 Å². The molecule has 1 unspecified atom stereocenters. The minimum atomic E-state index is 0.552. The molecule has 15 heavy (non-hydrogen) atoms. The summed E-state index contributed by atoms with van der Waals surface area (Å²) in [6, 6.07) is 2.74. The van der Waals surface area contributed by atoms with Crippen LogP contribution in [0, 0.1) is 6.92 Å². The standard InChI is InChI=1S/C12H22N2S/c1-5-14(4)9-11(3)13-8-12-10(2)6-7-15-12/h6-7,11,13H,5,8-9H2,1-4H3. The molecule has 1 N–H and O–H groups in total. The highest BCUT2D eigenvalue weighted by Gasteiger charge is 2.05. The molecule has 2 nitrogen and oxygen atoms in total. The molecule has 1 aromatic rings. The number of aryl methyl sites for hydroxylation is 1. The number of nitrogens with one attached hydrogen (secondary N) is 1. The Morgan fingerprint density at radius 1 is 1.53 bits per heavy atom. The van der Waals surface area contributed by atoms with Crippen molar-refractivity contribution in [1.82, 2.24) is 10.2 Å². The van der Waals surface area contributed by atoms with Crippen LogP contribution in [0.3, 0.4) is 0 Å². The van der Waals surface area contributed by atoms with Crippen molar-refractivity contribution in [2.45, 2.75) is 33.4 Å². The lowest BCUT2D eigenvalue weighted by Crippen LogP contribution is -2.36. The fourth-order valence-electron chi connectivity index (χ4n) is 1.51.